The molecule has 3 nitrogen and oxygen atoms in total. The molecule has 0 saturated heterocycles. The van der Waals surface area contributed by atoms with Gasteiger partial charge in [0.1, 0.15) is 5.82 Å². The zero-order valence-corrected chi connectivity index (χ0v) is 12.6. The molecule has 1 saturated carbocycles. The molecule has 0 radical (unpaired) electrons. The van der Waals surface area contributed by atoms with Crippen LogP contribution >= 0.6 is 0 Å². The number of aromatic nitrogens is 2. The Morgan fingerprint density at radius 1 is 1.32 bits per heavy atom. The summed E-state index contributed by atoms with van der Waals surface area (Å²) in [5.74, 6) is 1.63. The van der Waals surface area contributed by atoms with Crippen LogP contribution in [-0.4, -0.2) is 16.5 Å². The van der Waals surface area contributed by atoms with Gasteiger partial charge in [-0.1, -0.05) is 20.8 Å². The van der Waals surface area contributed by atoms with Gasteiger partial charge in [0, 0.05) is 18.7 Å². The van der Waals surface area contributed by atoms with Gasteiger partial charge in [0.05, 0.1) is 5.69 Å². The third kappa shape index (κ3) is 4.27. The average Bonchev–Trinajstić information content (AvgIpc) is 2.39. The van der Waals surface area contributed by atoms with E-state index in [1.807, 2.05) is 12.3 Å². The van der Waals surface area contributed by atoms with Gasteiger partial charge in [-0.3, -0.25) is 0 Å². The van der Waals surface area contributed by atoms with E-state index >= 15 is 0 Å². The fourth-order valence-electron chi connectivity index (χ4n) is 2.76. The van der Waals surface area contributed by atoms with Crippen molar-refractivity contribution in [2.24, 2.45) is 5.41 Å². The van der Waals surface area contributed by atoms with Crippen LogP contribution in [0, 0.1) is 5.41 Å². The molecule has 0 amide bonds. The largest absolute Gasteiger partial charge is 0.311 e. The Kier molecular flexibility index (Phi) is 4.92. The van der Waals surface area contributed by atoms with Crippen molar-refractivity contribution in [1.82, 2.24) is 15.3 Å². The standard InChI is InChI=1S/C16H27N3/c1-4-10-17-12-14-7-11-18-15(19-14)13-5-8-16(2,3)9-6-13/h7,11,13,17H,4-6,8-10,12H2,1-3H3. The molecule has 0 spiro atoms. The molecule has 1 heterocycles. The predicted octanol–water partition coefficient (Wildman–Crippen LogP) is 3.66. The summed E-state index contributed by atoms with van der Waals surface area (Å²) < 4.78 is 0. The molecule has 3 heteroatoms. The van der Waals surface area contributed by atoms with Crippen LogP contribution in [0.2, 0.25) is 0 Å². The van der Waals surface area contributed by atoms with E-state index in [1.54, 1.807) is 0 Å². The van der Waals surface area contributed by atoms with Crippen molar-refractivity contribution < 1.29 is 0 Å². The molecule has 19 heavy (non-hydrogen) atoms. The van der Waals surface area contributed by atoms with Crippen molar-refractivity contribution in [3.8, 4) is 0 Å². The summed E-state index contributed by atoms with van der Waals surface area (Å²) in [6.07, 6.45) is 8.14. The molecular formula is C16H27N3. The normalized spacial score (nSPS) is 19.5. The molecule has 1 aromatic rings. The van der Waals surface area contributed by atoms with Crippen LogP contribution in [-0.2, 0) is 6.54 Å². The number of rotatable bonds is 5. The fraction of sp³-hybridized carbons (Fsp3) is 0.750. The number of nitrogens with one attached hydrogen (secondary N) is 1. The number of hydrogen-bond donors (Lipinski definition) is 1. The molecule has 106 valence electrons. The third-order valence-electron chi connectivity index (χ3n) is 4.17. The first-order chi connectivity index (χ1) is 9.11. The molecule has 1 aliphatic rings. The van der Waals surface area contributed by atoms with Crippen LogP contribution in [0.1, 0.15) is 70.3 Å². The molecule has 0 atom stereocenters. The van der Waals surface area contributed by atoms with Crippen LogP contribution in [0.25, 0.3) is 0 Å². The number of nitrogens with zero attached hydrogens (tertiary/aromatic N) is 2. The first kappa shape index (κ1) is 14.4. The molecule has 1 N–H and O–H groups in total. The van der Waals surface area contributed by atoms with Gasteiger partial charge in [-0.2, -0.15) is 0 Å². The first-order valence-corrected chi connectivity index (χ1v) is 7.63. The van der Waals surface area contributed by atoms with Gasteiger partial charge >= 0.3 is 0 Å². The lowest BCUT2D eigenvalue weighted by Crippen LogP contribution is -2.22. The minimum absolute atomic E-state index is 0.511. The number of hydrogen-bond acceptors (Lipinski definition) is 3. The highest BCUT2D eigenvalue weighted by Crippen LogP contribution is 2.41. The van der Waals surface area contributed by atoms with Gasteiger partial charge in [-0.05, 0) is 50.1 Å². The smallest absolute Gasteiger partial charge is 0.131 e. The van der Waals surface area contributed by atoms with Gasteiger partial charge in [-0.15, -0.1) is 0 Å². The van der Waals surface area contributed by atoms with Crippen molar-refractivity contribution in [2.45, 2.75) is 65.3 Å². The summed E-state index contributed by atoms with van der Waals surface area (Å²) in [7, 11) is 0. The van der Waals surface area contributed by atoms with Crippen LogP contribution in [0.3, 0.4) is 0 Å². The van der Waals surface area contributed by atoms with Crippen molar-refractivity contribution in [3.05, 3.63) is 23.8 Å². The van der Waals surface area contributed by atoms with E-state index in [9.17, 15) is 0 Å². The lowest BCUT2D eigenvalue weighted by Gasteiger charge is -2.33. The van der Waals surface area contributed by atoms with E-state index in [0.29, 0.717) is 11.3 Å². The maximum Gasteiger partial charge on any atom is 0.131 e. The third-order valence-corrected chi connectivity index (χ3v) is 4.17. The molecule has 0 aromatic carbocycles. The van der Waals surface area contributed by atoms with Crippen LogP contribution < -0.4 is 5.32 Å². The second-order valence-corrected chi connectivity index (χ2v) is 6.52. The lowest BCUT2D eigenvalue weighted by atomic mass is 9.73. The van der Waals surface area contributed by atoms with E-state index in [4.69, 9.17) is 4.98 Å². The first-order valence-electron chi connectivity index (χ1n) is 7.63. The van der Waals surface area contributed by atoms with Gasteiger partial charge in [0.15, 0.2) is 0 Å². The van der Waals surface area contributed by atoms with Crippen molar-refractivity contribution in [1.29, 1.82) is 0 Å². The summed E-state index contributed by atoms with van der Waals surface area (Å²) in [4.78, 5) is 9.24. The van der Waals surface area contributed by atoms with E-state index in [1.165, 1.54) is 25.7 Å². The highest BCUT2D eigenvalue weighted by Gasteiger charge is 2.28. The zero-order chi connectivity index (χ0) is 13.7. The quantitative estimate of drug-likeness (QED) is 0.822. The molecule has 1 fully saturated rings. The van der Waals surface area contributed by atoms with Crippen LogP contribution in [0.4, 0.5) is 0 Å². The van der Waals surface area contributed by atoms with Crippen molar-refractivity contribution in [3.63, 3.8) is 0 Å². The van der Waals surface area contributed by atoms with Crippen molar-refractivity contribution >= 4 is 0 Å². The Hall–Kier alpha value is -0.960. The van der Waals surface area contributed by atoms with E-state index in [2.05, 4.69) is 31.1 Å². The minimum Gasteiger partial charge on any atom is -0.311 e. The Bertz CT molecular complexity index is 391. The van der Waals surface area contributed by atoms with Gasteiger partial charge in [0.25, 0.3) is 0 Å². The molecule has 0 bridgehead atoms. The summed E-state index contributed by atoms with van der Waals surface area (Å²) in [5, 5.41) is 3.40. The molecule has 2 rings (SSSR count). The highest BCUT2D eigenvalue weighted by atomic mass is 14.9. The molecule has 0 unspecified atom stereocenters. The summed E-state index contributed by atoms with van der Waals surface area (Å²) >= 11 is 0. The fourth-order valence-corrected chi connectivity index (χ4v) is 2.76. The SMILES string of the molecule is CCCNCc1ccnc(C2CCC(C)(C)CC2)n1. The monoisotopic (exact) mass is 261 g/mol. The molecule has 1 aliphatic carbocycles. The van der Waals surface area contributed by atoms with Crippen LogP contribution in [0.15, 0.2) is 12.3 Å². The lowest BCUT2D eigenvalue weighted by molar-refractivity contribution is 0.220. The Labute approximate surface area is 117 Å². The molecular weight excluding hydrogens is 234 g/mol. The Morgan fingerprint density at radius 2 is 2.05 bits per heavy atom. The second-order valence-electron chi connectivity index (χ2n) is 6.52. The Balaban J connectivity index is 1.95. The zero-order valence-electron chi connectivity index (χ0n) is 12.6. The van der Waals surface area contributed by atoms with Crippen LogP contribution in [0.5, 0.6) is 0 Å². The summed E-state index contributed by atoms with van der Waals surface area (Å²) in [6.45, 7) is 8.84. The highest BCUT2D eigenvalue weighted by molar-refractivity contribution is 5.07. The topological polar surface area (TPSA) is 37.8 Å². The molecule has 1 aromatic heterocycles. The van der Waals surface area contributed by atoms with E-state index in [0.717, 1.165) is 31.0 Å². The van der Waals surface area contributed by atoms with Crippen molar-refractivity contribution in [2.75, 3.05) is 6.54 Å². The maximum atomic E-state index is 4.74. The maximum absolute atomic E-state index is 4.74. The van der Waals surface area contributed by atoms with Gasteiger partial charge < -0.3 is 5.32 Å². The second kappa shape index (κ2) is 6.47. The molecule has 0 aliphatic heterocycles. The predicted molar refractivity (Wildman–Crippen MR) is 79.0 cm³/mol. The summed E-state index contributed by atoms with van der Waals surface area (Å²) in [6, 6.07) is 2.03. The van der Waals surface area contributed by atoms with Gasteiger partial charge in [0.2, 0.25) is 0 Å². The minimum atomic E-state index is 0.511. The van der Waals surface area contributed by atoms with E-state index < -0.39 is 0 Å². The average molecular weight is 261 g/mol. The Morgan fingerprint density at radius 3 is 2.74 bits per heavy atom. The van der Waals surface area contributed by atoms with E-state index in [-0.39, 0.29) is 0 Å². The summed E-state index contributed by atoms with van der Waals surface area (Å²) in [5.41, 5.74) is 1.64. The van der Waals surface area contributed by atoms with Gasteiger partial charge in [-0.25, -0.2) is 9.97 Å².